The minimum atomic E-state index is -0.302. The van der Waals surface area contributed by atoms with Crippen LogP contribution < -0.4 is 5.73 Å². The Hall–Kier alpha value is -1.26. The topological polar surface area (TPSA) is 66.6 Å². The molecule has 0 aromatic heterocycles. The van der Waals surface area contributed by atoms with E-state index in [-0.39, 0.29) is 12.0 Å². The predicted molar refractivity (Wildman–Crippen MR) is 76.2 cm³/mol. The Bertz CT molecular complexity index is 469. The Morgan fingerprint density at radius 1 is 1.47 bits per heavy atom. The largest absolute Gasteiger partial charge is 0.398 e. The van der Waals surface area contributed by atoms with E-state index in [2.05, 4.69) is 0 Å². The van der Waals surface area contributed by atoms with Crippen molar-refractivity contribution in [3.05, 3.63) is 28.8 Å². The molecule has 4 nitrogen and oxygen atoms in total. The summed E-state index contributed by atoms with van der Waals surface area (Å²) in [6.45, 7) is 3.16. The van der Waals surface area contributed by atoms with Gasteiger partial charge in [0, 0.05) is 18.7 Å². The molecular formula is C14H19ClN2O2. The molecule has 0 aliphatic carbocycles. The molecule has 0 saturated carbocycles. The Balaban J connectivity index is 2.03. The summed E-state index contributed by atoms with van der Waals surface area (Å²) in [5, 5.41) is 10.0. The van der Waals surface area contributed by atoms with Crippen molar-refractivity contribution in [1.29, 1.82) is 0 Å². The van der Waals surface area contributed by atoms with Gasteiger partial charge in [-0.15, -0.1) is 0 Å². The Morgan fingerprint density at radius 2 is 2.11 bits per heavy atom. The first-order chi connectivity index (χ1) is 8.99. The highest BCUT2D eigenvalue weighted by atomic mass is 35.5. The van der Waals surface area contributed by atoms with E-state index in [1.54, 1.807) is 18.2 Å². The van der Waals surface area contributed by atoms with Crippen LogP contribution in [0.25, 0.3) is 0 Å². The first-order valence-electron chi connectivity index (χ1n) is 6.51. The molecule has 1 heterocycles. The van der Waals surface area contributed by atoms with Gasteiger partial charge in [-0.05, 0) is 43.9 Å². The molecule has 1 aromatic rings. The van der Waals surface area contributed by atoms with Gasteiger partial charge < -0.3 is 15.7 Å². The number of piperidine rings is 1. The minimum Gasteiger partial charge on any atom is -0.398 e. The van der Waals surface area contributed by atoms with Gasteiger partial charge in [-0.3, -0.25) is 4.79 Å². The molecule has 1 fully saturated rings. The number of hydrogen-bond acceptors (Lipinski definition) is 3. The third-order valence-corrected chi connectivity index (χ3v) is 4.10. The Morgan fingerprint density at radius 3 is 2.63 bits per heavy atom. The molecule has 1 unspecified atom stereocenters. The van der Waals surface area contributed by atoms with Crippen LogP contribution in [0.15, 0.2) is 18.2 Å². The fraction of sp³-hybridized carbons (Fsp3) is 0.500. The van der Waals surface area contributed by atoms with Crippen LogP contribution in [0, 0.1) is 5.92 Å². The van der Waals surface area contributed by atoms with Gasteiger partial charge in [0.15, 0.2) is 0 Å². The van der Waals surface area contributed by atoms with E-state index in [1.165, 1.54) is 0 Å². The molecule has 2 rings (SSSR count). The lowest BCUT2D eigenvalue weighted by atomic mass is 9.92. The average Bonchev–Trinajstić information content (AvgIpc) is 2.41. The number of carbonyl (C=O) groups excluding carboxylic acids is 1. The summed E-state index contributed by atoms with van der Waals surface area (Å²) in [4.78, 5) is 14.1. The van der Waals surface area contributed by atoms with Crippen LogP contribution in [0.1, 0.15) is 30.1 Å². The molecule has 0 radical (unpaired) electrons. The molecule has 0 spiro atoms. The third-order valence-electron chi connectivity index (χ3n) is 3.75. The van der Waals surface area contributed by atoms with E-state index in [4.69, 9.17) is 17.3 Å². The van der Waals surface area contributed by atoms with E-state index in [0.29, 0.717) is 35.3 Å². The lowest BCUT2D eigenvalue weighted by Gasteiger charge is -2.33. The van der Waals surface area contributed by atoms with Crippen LogP contribution in [0.2, 0.25) is 5.02 Å². The van der Waals surface area contributed by atoms with Crippen molar-refractivity contribution in [2.75, 3.05) is 18.8 Å². The molecule has 1 atom stereocenters. The summed E-state index contributed by atoms with van der Waals surface area (Å²) < 4.78 is 0. The molecule has 0 bridgehead atoms. The second-order valence-electron chi connectivity index (χ2n) is 5.11. The number of rotatable bonds is 2. The smallest absolute Gasteiger partial charge is 0.253 e. The SMILES string of the molecule is CC(O)C1CCN(C(=O)c2ccc(Cl)c(N)c2)CC1. The van der Waals surface area contributed by atoms with Crippen molar-refractivity contribution < 1.29 is 9.90 Å². The Kier molecular flexibility index (Phi) is 4.32. The molecule has 1 aliphatic rings. The molecule has 5 heteroatoms. The van der Waals surface area contributed by atoms with Crippen molar-refractivity contribution in [2.24, 2.45) is 5.92 Å². The highest BCUT2D eigenvalue weighted by molar-refractivity contribution is 6.33. The predicted octanol–water partition coefficient (Wildman–Crippen LogP) is 2.16. The van der Waals surface area contributed by atoms with Crippen LogP contribution in [0.5, 0.6) is 0 Å². The van der Waals surface area contributed by atoms with Gasteiger partial charge in [-0.25, -0.2) is 0 Å². The van der Waals surface area contributed by atoms with Crippen LogP contribution in [0.3, 0.4) is 0 Å². The lowest BCUT2D eigenvalue weighted by molar-refractivity contribution is 0.0521. The highest BCUT2D eigenvalue weighted by Gasteiger charge is 2.26. The summed E-state index contributed by atoms with van der Waals surface area (Å²) in [5.74, 6) is 0.270. The van der Waals surface area contributed by atoms with E-state index in [0.717, 1.165) is 12.8 Å². The highest BCUT2D eigenvalue weighted by Crippen LogP contribution is 2.24. The maximum absolute atomic E-state index is 12.3. The fourth-order valence-electron chi connectivity index (χ4n) is 2.44. The average molecular weight is 283 g/mol. The molecule has 19 heavy (non-hydrogen) atoms. The van der Waals surface area contributed by atoms with E-state index in [9.17, 15) is 9.90 Å². The second-order valence-corrected chi connectivity index (χ2v) is 5.51. The number of amides is 1. The minimum absolute atomic E-state index is 0.0209. The molecule has 1 saturated heterocycles. The van der Waals surface area contributed by atoms with Gasteiger partial charge in [-0.1, -0.05) is 11.6 Å². The zero-order valence-electron chi connectivity index (χ0n) is 11.0. The van der Waals surface area contributed by atoms with Crippen molar-refractivity contribution in [1.82, 2.24) is 4.90 Å². The molecule has 1 aromatic carbocycles. The van der Waals surface area contributed by atoms with Gasteiger partial charge in [-0.2, -0.15) is 0 Å². The second kappa shape index (κ2) is 5.80. The zero-order valence-corrected chi connectivity index (χ0v) is 11.7. The van der Waals surface area contributed by atoms with Crippen LogP contribution in [-0.4, -0.2) is 35.1 Å². The normalized spacial score (nSPS) is 18.4. The molecule has 104 valence electrons. The quantitative estimate of drug-likeness (QED) is 0.817. The summed E-state index contributed by atoms with van der Waals surface area (Å²) >= 11 is 5.85. The first kappa shape index (κ1) is 14.2. The molecule has 3 N–H and O–H groups in total. The number of nitrogens with zero attached hydrogens (tertiary/aromatic N) is 1. The Labute approximate surface area is 118 Å². The standard InChI is InChI=1S/C14H19ClN2O2/c1-9(18)10-4-6-17(7-5-10)14(19)11-2-3-12(15)13(16)8-11/h2-3,8-10,18H,4-7,16H2,1H3. The number of nitrogens with two attached hydrogens (primary N) is 1. The molecule has 1 aliphatic heterocycles. The van der Waals surface area contributed by atoms with Crippen LogP contribution >= 0.6 is 11.6 Å². The van der Waals surface area contributed by atoms with Gasteiger partial charge >= 0.3 is 0 Å². The number of benzene rings is 1. The number of halogens is 1. The van der Waals surface area contributed by atoms with Gasteiger partial charge in [0.2, 0.25) is 0 Å². The summed E-state index contributed by atoms with van der Waals surface area (Å²) in [6.07, 6.45) is 1.38. The van der Waals surface area contributed by atoms with Crippen LogP contribution in [0.4, 0.5) is 5.69 Å². The number of aliphatic hydroxyl groups is 1. The maximum Gasteiger partial charge on any atom is 0.253 e. The maximum atomic E-state index is 12.3. The van der Waals surface area contributed by atoms with E-state index >= 15 is 0 Å². The summed E-state index contributed by atoms with van der Waals surface area (Å²) in [6, 6.07) is 4.96. The van der Waals surface area contributed by atoms with Gasteiger partial charge in [0.05, 0.1) is 16.8 Å². The lowest BCUT2D eigenvalue weighted by Crippen LogP contribution is -2.40. The van der Waals surface area contributed by atoms with E-state index < -0.39 is 0 Å². The van der Waals surface area contributed by atoms with Crippen LogP contribution in [-0.2, 0) is 0 Å². The number of anilines is 1. The number of carbonyl (C=O) groups is 1. The zero-order chi connectivity index (χ0) is 14.0. The number of aliphatic hydroxyl groups excluding tert-OH is 1. The molecular weight excluding hydrogens is 264 g/mol. The van der Waals surface area contributed by atoms with Crippen molar-refractivity contribution in [3.63, 3.8) is 0 Å². The van der Waals surface area contributed by atoms with Crippen molar-refractivity contribution in [2.45, 2.75) is 25.9 Å². The number of hydrogen-bond donors (Lipinski definition) is 2. The monoisotopic (exact) mass is 282 g/mol. The van der Waals surface area contributed by atoms with Gasteiger partial charge in [0.25, 0.3) is 5.91 Å². The van der Waals surface area contributed by atoms with Gasteiger partial charge in [0.1, 0.15) is 0 Å². The fourth-order valence-corrected chi connectivity index (χ4v) is 2.56. The summed E-state index contributed by atoms with van der Waals surface area (Å²) in [5.41, 5.74) is 6.70. The number of likely N-dealkylation sites (tertiary alicyclic amines) is 1. The number of nitrogen functional groups attached to an aromatic ring is 1. The molecule has 1 amide bonds. The third kappa shape index (κ3) is 3.19. The van der Waals surface area contributed by atoms with Crippen molar-refractivity contribution in [3.8, 4) is 0 Å². The first-order valence-corrected chi connectivity index (χ1v) is 6.89. The van der Waals surface area contributed by atoms with E-state index in [1.807, 2.05) is 11.8 Å². The summed E-state index contributed by atoms with van der Waals surface area (Å²) in [7, 11) is 0. The van der Waals surface area contributed by atoms with Crippen molar-refractivity contribution >= 4 is 23.2 Å².